The fourth-order valence-corrected chi connectivity index (χ4v) is 7.16. The summed E-state index contributed by atoms with van der Waals surface area (Å²) in [6.07, 6.45) is 3.20. The Labute approximate surface area is 238 Å². The van der Waals surface area contributed by atoms with Gasteiger partial charge in [-0.2, -0.15) is 16.8 Å². The first-order valence-electron chi connectivity index (χ1n) is 12.8. The third-order valence-corrected chi connectivity index (χ3v) is 8.87. The minimum Gasteiger partial charge on any atom is -0.516 e. The Morgan fingerprint density at radius 2 is 1.89 bits per heavy atom. The normalized spacial score (nSPS) is 40.7. The molecule has 0 amide bonds. The van der Waals surface area contributed by atoms with Gasteiger partial charge in [-0.05, 0) is 63.2 Å². The van der Waals surface area contributed by atoms with Crippen LogP contribution in [0.3, 0.4) is 0 Å². The van der Waals surface area contributed by atoms with Gasteiger partial charge in [0.05, 0.1) is 11.7 Å². The van der Waals surface area contributed by atoms with Crippen molar-refractivity contribution in [2.45, 2.75) is 87.4 Å². The zero-order valence-corrected chi connectivity index (χ0v) is 23.3. The van der Waals surface area contributed by atoms with E-state index in [0.29, 0.717) is 5.56 Å². The molecule has 1 saturated carbocycles. The first kappa shape index (κ1) is 27.5. The van der Waals surface area contributed by atoms with E-state index in [0.717, 1.165) is 45.1 Å². The van der Waals surface area contributed by atoms with Gasteiger partial charge in [-0.15, -0.1) is 0 Å². The summed E-state index contributed by atoms with van der Waals surface area (Å²) >= 11 is 0. The number of nitrogens with zero attached hydrogens (tertiary/aromatic N) is 1. The molecule has 2 heterocycles. The van der Waals surface area contributed by atoms with E-state index in [1.54, 1.807) is 30.9 Å². The van der Waals surface area contributed by atoms with Crippen LogP contribution < -0.4 is 34.3 Å². The molecule has 2 saturated heterocycles. The molecule has 5 unspecified atom stereocenters. The average molecular weight is 522 g/mol. The fraction of sp³-hybridized carbons (Fsp3) is 0.630. The van der Waals surface area contributed by atoms with Gasteiger partial charge in [-0.1, -0.05) is 23.6 Å². The largest absolute Gasteiger partial charge is 1.00 e. The van der Waals surface area contributed by atoms with Gasteiger partial charge >= 0.3 is 29.6 Å². The molecular weight excluding hydrogens is 489 g/mol. The molecule has 1 aromatic carbocycles. The zero-order valence-electron chi connectivity index (χ0n) is 21.3. The van der Waals surface area contributed by atoms with Gasteiger partial charge in [0.2, 0.25) is 6.29 Å². The van der Waals surface area contributed by atoms with E-state index in [1.807, 2.05) is 0 Å². The van der Waals surface area contributed by atoms with Crippen molar-refractivity contribution in [3.8, 4) is 11.8 Å². The van der Waals surface area contributed by atoms with Gasteiger partial charge in [0.25, 0.3) is 5.79 Å². The Morgan fingerprint density at radius 1 is 1.08 bits per heavy atom. The molecule has 6 rings (SSSR count). The number of nitriles is 1. The van der Waals surface area contributed by atoms with E-state index in [9.17, 15) is 20.6 Å². The number of hydrogen-bond donors (Lipinski definition) is 3. The molecule has 9 nitrogen and oxygen atoms in total. The minimum atomic E-state index is -1.51. The first-order valence-corrected chi connectivity index (χ1v) is 12.8. The van der Waals surface area contributed by atoms with Crippen molar-refractivity contribution in [3.05, 3.63) is 47.1 Å². The molecule has 2 bridgehead atoms. The maximum absolute atomic E-state index is 10.3. The summed E-state index contributed by atoms with van der Waals surface area (Å²) in [4.78, 5) is 12.0. The summed E-state index contributed by atoms with van der Waals surface area (Å²) < 4.78 is 17.3. The number of methoxy groups -OCH3 is 1. The third-order valence-electron chi connectivity index (χ3n) is 8.87. The van der Waals surface area contributed by atoms with Crippen LogP contribution in [-0.2, 0) is 25.0 Å². The molecule has 3 aliphatic carbocycles. The molecule has 2 aliphatic heterocycles. The Balaban J connectivity index is 0.00000280. The molecule has 3 fully saturated rings. The van der Waals surface area contributed by atoms with E-state index in [1.165, 1.54) is 18.4 Å². The number of rotatable bonds is 4. The second kappa shape index (κ2) is 10.5. The number of hydrogen-bond acceptors (Lipinski definition) is 9. The maximum Gasteiger partial charge on any atom is 1.00 e. The number of aliphatic hydroxyl groups is 3. The average Bonchev–Trinajstić information content (AvgIpc) is 2.89. The van der Waals surface area contributed by atoms with Crippen LogP contribution in [0.15, 0.2) is 29.3 Å². The summed E-state index contributed by atoms with van der Waals surface area (Å²) in [5.41, 5.74) is 3.30. The molecule has 1 aromatic rings. The summed E-state index contributed by atoms with van der Waals surface area (Å²) in [5, 5.41) is 39.8. The van der Waals surface area contributed by atoms with E-state index in [4.69, 9.17) is 24.0 Å². The number of aliphatic hydroxyl groups excluding tert-OH is 3. The fourth-order valence-electron chi connectivity index (χ4n) is 7.16. The van der Waals surface area contributed by atoms with Crippen LogP contribution in [0.2, 0.25) is 0 Å². The molecule has 0 radical (unpaired) electrons. The smallest absolute Gasteiger partial charge is 0.516 e. The number of benzene rings is 1. The van der Waals surface area contributed by atoms with E-state index in [2.05, 4.69) is 6.07 Å². The van der Waals surface area contributed by atoms with Crippen LogP contribution in [-0.4, -0.2) is 52.6 Å². The number of ether oxygens (including phenoxy) is 3. The summed E-state index contributed by atoms with van der Waals surface area (Å²) in [6.45, 7) is 1.01. The van der Waals surface area contributed by atoms with Crippen molar-refractivity contribution in [1.82, 2.24) is 0 Å². The second-order valence-corrected chi connectivity index (χ2v) is 10.6. The Kier molecular flexibility index (Phi) is 7.82. The van der Waals surface area contributed by atoms with Crippen molar-refractivity contribution < 1.29 is 68.9 Å². The van der Waals surface area contributed by atoms with Gasteiger partial charge in [0.15, 0.2) is 5.60 Å². The SMILES string of the molecule is COC1(c2ccc(C#N)c(O[C@@H]3O[CH-][C@@H](O)[C@H](O)C3O)c2)OOC12C1CCCC2C2=C(CCCC2)C1.[Na+]. The standard InChI is InChI=1S/C27H32NO8.Na/c1-32-27(26(35-36-27)17-6-4-8-20(26)19-7-3-2-5-15(19)11-17)18-10-9-16(13-28)22(12-18)34-25-24(31)23(30)21(29)14-33-25;/h9-10,12,14,17,20-21,23-25,29-31H,2-8,11H2,1H3;/q-1;+1/t17?,20?,21-,23+,24?,25+,26?,27?;/m1./s1. The van der Waals surface area contributed by atoms with Gasteiger partial charge in [0, 0.05) is 24.5 Å². The Hall–Kier alpha value is -1.03. The quantitative estimate of drug-likeness (QED) is 0.212. The van der Waals surface area contributed by atoms with Gasteiger partial charge < -0.3 is 29.5 Å². The number of fused-ring (bicyclic) bond motifs is 1. The topological polar surface area (TPSA) is 131 Å². The molecule has 8 atom stereocenters. The van der Waals surface area contributed by atoms with Crippen molar-refractivity contribution in [2.75, 3.05) is 7.11 Å². The van der Waals surface area contributed by atoms with Crippen LogP contribution >= 0.6 is 0 Å². The van der Waals surface area contributed by atoms with Crippen LogP contribution in [0, 0.1) is 29.8 Å². The molecule has 5 aliphatic rings. The van der Waals surface area contributed by atoms with Crippen LogP contribution in [0.25, 0.3) is 0 Å². The minimum absolute atomic E-state index is 0. The molecule has 0 aromatic heterocycles. The molecule has 37 heavy (non-hydrogen) atoms. The van der Waals surface area contributed by atoms with Crippen molar-refractivity contribution in [2.24, 2.45) is 11.8 Å². The summed E-state index contributed by atoms with van der Waals surface area (Å²) in [6, 6.07) is 7.18. The summed E-state index contributed by atoms with van der Waals surface area (Å²) in [5.74, 6) is -0.587. The van der Waals surface area contributed by atoms with Crippen molar-refractivity contribution >= 4 is 0 Å². The van der Waals surface area contributed by atoms with Crippen molar-refractivity contribution in [1.29, 1.82) is 5.26 Å². The van der Waals surface area contributed by atoms with Gasteiger partial charge in [-0.3, -0.25) is 0 Å². The van der Waals surface area contributed by atoms with Crippen LogP contribution in [0.4, 0.5) is 0 Å². The monoisotopic (exact) mass is 521 g/mol. The zero-order chi connectivity index (χ0) is 25.1. The predicted octanol–water partition coefficient (Wildman–Crippen LogP) is -0.268. The van der Waals surface area contributed by atoms with E-state index in [-0.39, 0.29) is 52.7 Å². The Bertz CT molecular complexity index is 1100. The van der Waals surface area contributed by atoms with Crippen molar-refractivity contribution in [3.63, 3.8) is 0 Å². The molecule has 194 valence electrons. The van der Waals surface area contributed by atoms with Crippen LogP contribution in [0.5, 0.6) is 5.75 Å². The molecule has 3 N–H and O–H groups in total. The van der Waals surface area contributed by atoms with Gasteiger partial charge in [0.1, 0.15) is 17.9 Å². The molecule has 1 spiro atoms. The van der Waals surface area contributed by atoms with Gasteiger partial charge in [-0.25, -0.2) is 4.89 Å². The van der Waals surface area contributed by atoms with Crippen LogP contribution in [0.1, 0.15) is 62.5 Å². The third kappa shape index (κ3) is 4.04. The maximum atomic E-state index is 10.3. The van der Waals surface area contributed by atoms with E-state index >= 15 is 0 Å². The molecule has 10 heteroatoms. The number of allylic oxidation sites excluding steroid dienone is 1. The molecular formula is C27H32NNaO8. The Morgan fingerprint density at radius 3 is 2.62 bits per heavy atom. The van der Waals surface area contributed by atoms with E-state index < -0.39 is 36.0 Å². The summed E-state index contributed by atoms with van der Waals surface area (Å²) in [7, 11) is 1.62. The predicted molar refractivity (Wildman–Crippen MR) is 124 cm³/mol. The first-order chi connectivity index (χ1) is 17.4. The second-order valence-electron chi connectivity index (χ2n) is 10.6.